The number of aliphatic hydroxyl groups is 2. The molecule has 32 heavy (non-hydrogen) atoms. The minimum absolute atomic E-state index is 0.0568. The van der Waals surface area contributed by atoms with Crippen LogP contribution >= 0.6 is 0 Å². The SMILES string of the molecule is C#C.CO.COc1cccc2c1C(=O)c1c(O)c3c(c(O)c1C2=O)C[C@@H](C(=O)CO)CC3. The molecule has 0 unspecified atom stereocenters. The number of phenolic OH excluding ortho intramolecular Hbond substituents is 2. The monoisotopic (exact) mass is 440 g/mol. The molecule has 4 rings (SSSR count). The lowest BCUT2D eigenvalue weighted by atomic mass is 9.75. The van der Waals surface area contributed by atoms with Gasteiger partial charge in [0.2, 0.25) is 5.78 Å². The van der Waals surface area contributed by atoms with E-state index >= 15 is 0 Å². The van der Waals surface area contributed by atoms with Crippen molar-refractivity contribution in [2.45, 2.75) is 19.3 Å². The number of hydrogen-bond acceptors (Lipinski definition) is 8. The van der Waals surface area contributed by atoms with Crippen LogP contribution in [0.25, 0.3) is 0 Å². The van der Waals surface area contributed by atoms with Gasteiger partial charge in [-0.25, -0.2) is 0 Å². The van der Waals surface area contributed by atoms with Crippen LogP contribution < -0.4 is 4.74 Å². The van der Waals surface area contributed by atoms with E-state index in [2.05, 4.69) is 12.8 Å². The number of phenols is 2. The van der Waals surface area contributed by atoms with Crippen molar-refractivity contribution in [2.24, 2.45) is 5.92 Å². The van der Waals surface area contributed by atoms with Gasteiger partial charge in [0, 0.05) is 29.7 Å². The van der Waals surface area contributed by atoms with Gasteiger partial charge >= 0.3 is 0 Å². The van der Waals surface area contributed by atoms with Crippen LogP contribution in [0.2, 0.25) is 0 Å². The third-order valence-corrected chi connectivity index (χ3v) is 5.64. The van der Waals surface area contributed by atoms with Crippen LogP contribution in [-0.2, 0) is 17.6 Å². The number of aromatic hydroxyl groups is 2. The van der Waals surface area contributed by atoms with Gasteiger partial charge < -0.3 is 25.2 Å². The number of Topliss-reactive ketones (excluding diaryl/α,β-unsaturated/α-hetero) is 1. The molecule has 0 amide bonds. The highest BCUT2D eigenvalue weighted by Crippen LogP contribution is 2.47. The molecule has 2 aliphatic carbocycles. The van der Waals surface area contributed by atoms with Gasteiger partial charge in [-0.1, -0.05) is 12.1 Å². The van der Waals surface area contributed by atoms with Gasteiger partial charge in [-0.15, -0.1) is 12.8 Å². The number of methoxy groups -OCH3 is 1. The second kappa shape index (κ2) is 10.1. The predicted octanol–water partition coefficient (Wildman–Crippen LogP) is 1.41. The van der Waals surface area contributed by atoms with Crippen molar-refractivity contribution in [3.05, 3.63) is 51.6 Å². The van der Waals surface area contributed by atoms with Gasteiger partial charge in [0.25, 0.3) is 0 Å². The summed E-state index contributed by atoms with van der Waals surface area (Å²) in [7, 11) is 2.38. The maximum Gasteiger partial charge on any atom is 0.202 e. The quantitative estimate of drug-likeness (QED) is 0.354. The van der Waals surface area contributed by atoms with Gasteiger partial charge in [0.05, 0.1) is 23.8 Å². The topological polar surface area (TPSA) is 141 Å². The lowest BCUT2D eigenvalue weighted by Gasteiger charge is -2.29. The molecule has 2 aromatic carbocycles. The summed E-state index contributed by atoms with van der Waals surface area (Å²) in [4.78, 5) is 38.1. The molecule has 0 saturated carbocycles. The first-order chi connectivity index (χ1) is 15.4. The highest BCUT2D eigenvalue weighted by atomic mass is 16.5. The van der Waals surface area contributed by atoms with E-state index in [9.17, 15) is 24.6 Å². The molecular formula is C24H24O8. The van der Waals surface area contributed by atoms with Crippen LogP contribution in [0.4, 0.5) is 0 Å². The molecule has 0 saturated heterocycles. The van der Waals surface area contributed by atoms with Crippen LogP contribution in [0, 0.1) is 18.8 Å². The van der Waals surface area contributed by atoms with E-state index < -0.39 is 24.1 Å². The fraction of sp³-hybridized carbons (Fsp3) is 0.292. The van der Waals surface area contributed by atoms with E-state index in [0.717, 1.165) is 7.11 Å². The Hall–Kier alpha value is -3.67. The number of benzene rings is 2. The summed E-state index contributed by atoms with van der Waals surface area (Å²) in [5.74, 6) is -2.56. The number of terminal acetylenes is 1. The fourth-order valence-corrected chi connectivity index (χ4v) is 4.21. The first kappa shape index (κ1) is 24.6. The number of carbonyl (C=O) groups is 3. The fourth-order valence-electron chi connectivity index (χ4n) is 4.21. The zero-order chi connectivity index (χ0) is 24.2. The molecule has 1 atom stereocenters. The summed E-state index contributed by atoms with van der Waals surface area (Å²) in [5, 5.41) is 37.7. The second-order valence-electron chi connectivity index (χ2n) is 7.01. The highest BCUT2D eigenvalue weighted by molar-refractivity contribution is 6.31. The lowest BCUT2D eigenvalue weighted by molar-refractivity contribution is -0.125. The summed E-state index contributed by atoms with van der Waals surface area (Å²) in [6.07, 6.45) is 8.72. The Balaban J connectivity index is 0.000000860. The van der Waals surface area contributed by atoms with Gasteiger partial charge in [0.15, 0.2) is 11.6 Å². The van der Waals surface area contributed by atoms with E-state index in [1.165, 1.54) is 13.2 Å². The number of fused-ring (bicyclic) bond motifs is 3. The molecule has 8 nitrogen and oxygen atoms in total. The number of ether oxygens (including phenoxy) is 1. The Kier molecular flexibility index (Phi) is 7.76. The van der Waals surface area contributed by atoms with Crippen molar-refractivity contribution in [3.63, 3.8) is 0 Å². The van der Waals surface area contributed by atoms with Crippen LogP contribution in [0.1, 0.15) is 49.4 Å². The molecule has 8 heteroatoms. The van der Waals surface area contributed by atoms with E-state index in [1.807, 2.05) is 0 Å². The number of ketones is 3. The van der Waals surface area contributed by atoms with Crippen LogP contribution in [-0.4, -0.2) is 58.6 Å². The van der Waals surface area contributed by atoms with Crippen LogP contribution in [0.15, 0.2) is 18.2 Å². The minimum Gasteiger partial charge on any atom is -0.507 e. The van der Waals surface area contributed by atoms with Gasteiger partial charge in [-0.2, -0.15) is 0 Å². The standard InChI is InChI=1S/C21H18O7.C2H2.CH4O/c1-28-14-4-2-3-11-15(14)21(27)17-16(19(11)25)20(26)12-7-9(13(23)8-22)5-6-10(12)18(17)24;2*1-2/h2-4,9,22,24,26H,5-8H2,1H3;1-2H;2H,1H3/t9-;;/m0../s1. The normalized spacial score (nSPS) is 15.6. The Labute approximate surface area is 185 Å². The maximum atomic E-state index is 13.1. The van der Waals surface area contributed by atoms with E-state index in [1.54, 1.807) is 12.1 Å². The van der Waals surface area contributed by atoms with Gasteiger partial charge in [0.1, 0.15) is 23.9 Å². The van der Waals surface area contributed by atoms with Crippen molar-refractivity contribution in [1.29, 1.82) is 0 Å². The zero-order valence-electron chi connectivity index (χ0n) is 17.7. The predicted molar refractivity (Wildman–Crippen MR) is 115 cm³/mol. The third-order valence-electron chi connectivity index (χ3n) is 5.64. The van der Waals surface area contributed by atoms with E-state index in [0.29, 0.717) is 12.0 Å². The summed E-state index contributed by atoms with van der Waals surface area (Å²) in [6.45, 7) is -0.609. The van der Waals surface area contributed by atoms with Gasteiger partial charge in [-0.3, -0.25) is 14.4 Å². The molecule has 2 aliphatic rings. The first-order valence-electron chi connectivity index (χ1n) is 9.68. The third kappa shape index (κ3) is 3.73. The molecule has 0 spiro atoms. The molecular weight excluding hydrogens is 416 g/mol. The molecule has 168 valence electrons. The number of rotatable bonds is 3. The molecule has 0 aromatic heterocycles. The summed E-state index contributed by atoms with van der Waals surface area (Å²) >= 11 is 0. The van der Waals surface area contributed by atoms with Gasteiger partial charge in [-0.05, 0) is 25.3 Å². The number of carbonyl (C=O) groups excluding carboxylic acids is 3. The Morgan fingerprint density at radius 3 is 2.22 bits per heavy atom. The van der Waals surface area contributed by atoms with Crippen molar-refractivity contribution in [1.82, 2.24) is 0 Å². The largest absolute Gasteiger partial charge is 0.507 e. The molecule has 0 aliphatic heterocycles. The highest BCUT2D eigenvalue weighted by Gasteiger charge is 2.40. The Morgan fingerprint density at radius 2 is 1.62 bits per heavy atom. The minimum atomic E-state index is -0.609. The summed E-state index contributed by atoms with van der Waals surface area (Å²) in [5.41, 5.74) is 0.301. The average molecular weight is 440 g/mol. The molecule has 0 radical (unpaired) electrons. The van der Waals surface area contributed by atoms with Crippen LogP contribution in [0.5, 0.6) is 17.2 Å². The molecule has 0 heterocycles. The first-order valence-corrected chi connectivity index (χ1v) is 9.68. The lowest BCUT2D eigenvalue weighted by Crippen LogP contribution is -2.28. The number of hydrogen-bond donors (Lipinski definition) is 4. The second-order valence-corrected chi connectivity index (χ2v) is 7.01. The molecule has 4 N–H and O–H groups in total. The smallest absolute Gasteiger partial charge is 0.202 e. The Bertz CT molecular complexity index is 1100. The summed E-state index contributed by atoms with van der Waals surface area (Å²) in [6, 6.07) is 4.59. The molecule has 0 fully saturated rings. The molecule has 2 aromatic rings. The van der Waals surface area contributed by atoms with Crippen molar-refractivity contribution < 1.29 is 39.5 Å². The van der Waals surface area contributed by atoms with Crippen LogP contribution in [0.3, 0.4) is 0 Å². The molecule has 0 bridgehead atoms. The zero-order valence-corrected chi connectivity index (χ0v) is 17.7. The number of aliphatic hydroxyl groups excluding tert-OH is 2. The van der Waals surface area contributed by atoms with Crippen molar-refractivity contribution in [2.75, 3.05) is 20.8 Å². The average Bonchev–Trinajstić information content (AvgIpc) is 2.85. The summed E-state index contributed by atoms with van der Waals surface area (Å²) < 4.78 is 5.20. The van der Waals surface area contributed by atoms with Crippen molar-refractivity contribution >= 4 is 17.3 Å². The van der Waals surface area contributed by atoms with E-state index in [-0.39, 0.29) is 63.7 Å². The maximum absolute atomic E-state index is 13.1. The van der Waals surface area contributed by atoms with Crippen molar-refractivity contribution in [3.8, 4) is 30.1 Å². The Morgan fingerprint density at radius 1 is 1.03 bits per heavy atom. The van der Waals surface area contributed by atoms with E-state index in [4.69, 9.17) is 14.9 Å².